The van der Waals surface area contributed by atoms with Crippen molar-refractivity contribution in [2.24, 2.45) is 0 Å². The summed E-state index contributed by atoms with van der Waals surface area (Å²) >= 11 is 7.04. The Balaban J connectivity index is 1.59. The van der Waals surface area contributed by atoms with Crippen LogP contribution in [0.2, 0.25) is 0 Å². The average Bonchev–Trinajstić information content (AvgIpc) is 2.94. The number of fused-ring (bicyclic) bond motifs is 1. The molecular formula is C17H17Br2N3O. The standard InChI is InChI=1S/C17H17Br2N3O/c1-23-17-11(8-12(18)9-13(17)19)10-20-7-6-16-21-14-4-2-3-5-15(14)22-16/h2-5,8-9,20H,6-7,10H2,1H3,(H,21,22). The maximum absolute atomic E-state index is 5.46. The summed E-state index contributed by atoms with van der Waals surface area (Å²) in [5.41, 5.74) is 3.21. The number of ether oxygens (including phenoxy) is 1. The fourth-order valence-corrected chi connectivity index (χ4v) is 4.00. The van der Waals surface area contributed by atoms with Crippen LogP contribution in [0, 0.1) is 0 Å². The molecule has 2 N–H and O–H groups in total. The van der Waals surface area contributed by atoms with E-state index in [9.17, 15) is 0 Å². The number of aromatic nitrogens is 2. The van der Waals surface area contributed by atoms with Crippen molar-refractivity contribution in [1.29, 1.82) is 0 Å². The molecule has 0 aliphatic carbocycles. The van der Waals surface area contributed by atoms with E-state index in [2.05, 4.69) is 53.2 Å². The third-order valence-corrected chi connectivity index (χ3v) is 4.63. The molecule has 0 amide bonds. The first-order chi connectivity index (χ1) is 11.2. The zero-order chi connectivity index (χ0) is 16.2. The van der Waals surface area contributed by atoms with Crippen LogP contribution < -0.4 is 10.1 Å². The lowest BCUT2D eigenvalue weighted by molar-refractivity contribution is 0.405. The Hall–Kier alpha value is -1.37. The van der Waals surface area contributed by atoms with Crippen LogP contribution in [-0.4, -0.2) is 23.6 Å². The van der Waals surface area contributed by atoms with Gasteiger partial charge in [-0.1, -0.05) is 28.1 Å². The largest absolute Gasteiger partial charge is 0.495 e. The summed E-state index contributed by atoms with van der Waals surface area (Å²) in [5.74, 6) is 1.87. The molecule has 3 aromatic rings. The fourth-order valence-electron chi connectivity index (χ4n) is 2.53. The lowest BCUT2D eigenvalue weighted by atomic mass is 10.2. The van der Waals surface area contributed by atoms with E-state index in [0.29, 0.717) is 0 Å². The van der Waals surface area contributed by atoms with Crippen LogP contribution >= 0.6 is 31.9 Å². The summed E-state index contributed by atoms with van der Waals surface area (Å²) in [7, 11) is 1.69. The zero-order valence-corrected chi connectivity index (χ0v) is 15.9. The quantitative estimate of drug-likeness (QED) is 0.559. The molecule has 0 aliphatic rings. The molecule has 0 saturated carbocycles. The molecule has 23 heavy (non-hydrogen) atoms. The van der Waals surface area contributed by atoms with Gasteiger partial charge < -0.3 is 15.0 Å². The molecule has 120 valence electrons. The predicted octanol–water partition coefficient (Wildman–Crippen LogP) is 4.43. The molecule has 0 aliphatic heterocycles. The van der Waals surface area contributed by atoms with Gasteiger partial charge in [0.2, 0.25) is 0 Å². The van der Waals surface area contributed by atoms with Gasteiger partial charge in [0, 0.05) is 29.5 Å². The van der Waals surface area contributed by atoms with Gasteiger partial charge >= 0.3 is 0 Å². The highest BCUT2D eigenvalue weighted by molar-refractivity contribution is 9.11. The van der Waals surface area contributed by atoms with Crippen molar-refractivity contribution in [2.75, 3.05) is 13.7 Å². The van der Waals surface area contributed by atoms with E-state index in [1.807, 2.05) is 30.3 Å². The van der Waals surface area contributed by atoms with Gasteiger partial charge in [0.1, 0.15) is 11.6 Å². The van der Waals surface area contributed by atoms with Crippen LogP contribution in [0.25, 0.3) is 11.0 Å². The van der Waals surface area contributed by atoms with Crippen molar-refractivity contribution in [3.8, 4) is 5.75 Å². The number of methoxy groups -OCH3 is 1. The molecule has 0 bridgehead atoms. The van der Waals surface area contributed by atoms with Crippen molar-refractivity contribution in [3.63, 3.8) is 0 Å². The van der Waals surface area contributed by atoms with Gasteiger partial charge in [-0.15, -0.1) is 0 Å². The van der Waals surface area contributed by atoms with Crippen molar-refractivity contribution < 1.29 is 4.74 Å². The lowest BCUT2D eigenvalue weighted by Crippen LogP contribution is -2.17. The molecule has 6 heteroatoms. The van der Waals surface area contributed by atoms with Crippen LogP contribution in [0.5, 0.6) is 5.75 Å². The van der Waals surface area contributed by atoms with E-state index in [-0.39, 0.29) is 0 Å². The highest BCUT2D eigenvalue weighted by Crippen LogP contribution is 2.32. The van der Waals surface area contributed by atoms with E-state index in [1.165, 1.54) is 0 Å². The molecule has 0 atom stereocenters. The van der Waals surface area contributed by atoms with Crippen LogP contribution in [0.1, 0.15) is 11.4 Å². The van der Waals surface area contributed by atoms with E-state index in [1.54, 1.807) is 7.11 Å². The minimum absolute atomic E-state index is 0.738. The van der Waals surface area contributed by atoms with E-state index in [0.717, 1.165) is 56.6 Å². The smallest absolute Gasteiger partial charge is 0.137 e. The number of H-pyrrole nitrogens is 1. The number of rotatable bonds is 6. The second kappa shape index (κ2) is 7.47. The van der Waals surface area contributed by atoms with E-state index >= 15 is 0 Å². The molecule has 0 radical (unpaired) electrons. The molecular weight excluding hydrogens is 422 g/mol. The maximum Gasteiger partial charge on any atom is 0.137 e. The van der Waals surface area contributed by atoms with Crippen LogP contribution in [0.15, 0.2) is 45.3 Å². The van der Waals surface area contributed by atoms with Crippen LogP contribution in [-0.2, 0) is 13.0 Å². The summed E-state index contributed by atoms with van der Waals surface area (Å²) in [4.78, 5) is 7.93. The Labute approximate surface area is 151 Å². The normalized spacial score (nSPS) is 11.1. The predicted molar refractivity (Wildman–Crippen MR) is 99.9 cm³/mol. The van der Waals surface area contributed by atoms with Gasteiger partial charge in [0.25, 0.3) is 0 Å². The Morgan fingerprint density at radius 3 is 2.83 bits per heavy atom. The lowest BCUT2D eigenvalue weighted by Gasteiger charge is -2.12. The van der Waals surface area contributed by atoms with Crippen molar-refractivity contribution >= 4 is 42.9 Å². The Morgan fingerprint density at radius 2 is 2.04 bits per heavy atom. The maximum atomic E-state index is 5.46. The number of aromatic amines is 1. The zero-order valence-electron chi connectivity index (χ0n) is 12.7. The van der Waals surface area contributed by atoms with Crippen molar-refractivity contribution in [1.82, 2.24) is 15.3 Å². The van der Waals surface area contributed by atoms with Crippen LogP contribution in [0.3, 0.4) is 0 Å². The number of para-hydroxylation sites is 2. The Morgan fingerprint density at radius 1 is 1.22 bits per heavy atom. The highest BCUT2D eigenvalue weighted by Gasteiger charge is 2.09. The highest BCUT2D eigenvalue weighted by atomic mass is 79.9. The summed E-state index contributed by atoms with van der Waals surface area (Å²) < 4.78 is 7.43. The molecule has 0 unspecified atom stereocenters. The molecule has 4 nitrogen and oxygen atoms in total. The summed E-state index contributed by atoms with van der Waals surface area (Å²) in [5, 5.41) is 3.44. The van der Waals surface area contributed by atoms with E-state index in [4.69, 9.17) is 4.74 Å². The van der Waals surface area contributed by atoms with Gasteiger partial charge in [-0.2, -0.15) is 0 Å². The van der Waals surface area contributed by atoms with Crippen molar-refractivity contribution in [3.05, 3.63) is 56.7 Å². The number of nitrogens with zero attached hydrogens (tertiary/aromatic N) is 1. The first-order valence-electron chi connectivity index (χ1n) is 7.33. The topological polar surface area (TPSA) is 49.9 Å². The molecule has 1 aromatic heterocycles. The second-order valence-electron chi connectivity index (χ2n) is 5.21. The number of benzene rings is 2. The third-order valence-electron chi connectivity index (χ3n) is 3.58. The molecule has 1 heterocycles. The van der Waals surface area contributed by atoms with Crippen LogP contribution in [0.4, 0.5) is 0 Å². The molecule has 0 fully saturated rings. The number of halogens is 2. The molecule has 3 rings (SSSR count). The molecule has 0 spiro atoms. The number of hydrogen-bond donors (Lipinski definition) is 2. The van der Waals surface area contributed by atoms with Gasteiger partial charge in [-0.3, -0.25) is 0 Å². The third kappa shape index (κ3) is 3.94. The summed E-state index contributed by atoms with van der Waals surface area (Å²) in [6.07, 6.45) is 0.853. The minimum Gasteiger partial charge on any atom is -0.495 e. The molecule has 0 saturated heterocycles. The average molecular weight is 439 g/mol. The minimum atomic E-state index is 0.738. The Kier molecular flexibility index (Phi) is 5.35. The second-order valence-corrected chi connectivity index (χ2v) is 6.98. The van der Waals surface area contributed by atoms with Gasteiger partial charge in [0.15, 0.2) is 0 Å². The first-order valence-corrected chi connectivity index (χ1v) is 8.92. The summed E-state index contributed by atoms with van der Waals surface area (Å²) in [6, 6.07) is 12.1. The molecule has 2 aromatic carbocycles. The fraction of sp³-hybridized carbons (Fsp3) is 0.235. The Bertz CT molecular complexity index is 784. The first kappa shape index (κ1) is 16.5. The number of imidazole rings is 1. The number of hydrogen-bond acceptors (Lipinski definition) is 3. The van der Waals surface area contributed by atoms with E-state index < -0.39 is 0 Å². The number of nitrogens with one attached hydrogen (secondary N) is 2. The monoisotopic (exact) mass is 437 g/mol. The van der Waals surface area contributed by atoms with Crippen molar-refractivity contribution in [2.45, 2.75) is 13.0 Å². The van der Waals surface area contributed by atoms with Gasteiger partial charge in [0.05, 0.1) is 22.6 Å². The van der Waals surface area contributed by atoms with Gasteiger partial charge in [-0.25, -0.2) is 4.98 Å². The summed E-state index contributed by atoms with van der Waals surface area (Å²) in [6.45, 7) is 1.58. The van der Waals surface area contributed by atoms with Gasteiger partial charge in [-0.05, 0) is 40.2 Å². The SMILES string of the molecule is COc1c(Br)cc(Br)cc1CNCCc1nc2ccccc2[nH]1.